The summed E-state index contributed by atoms with van der Waals surface area (Å²) in [6.45, 7) is -0.0105. The first kappa shape index (κ1) is 25.6. The highest BCUT2D eigenvalue weighted by molar-refractivity contribution is 7.55. The number of rotatable bonds is 10. The molecule has 4 rings (SSSR count). The van der Waals surface area contributed by atoms with E-state index in [-0.39, 0.29) is 13.2 Å². The number of para-hydroxylation sites is 2. The van der Waals surface area contributed by atoms with Crippen LogP contribution in [0.1, 0.15) is 22.3 Å². The summed E-state index contributed by atoms with van der Waals surface area (Å²) in [7, 11) is -4.01. The lowest BCUT2D eigenvalue weighted by molar-refractivity contribution is 0.139. The molecule has 8 heteroatoms. The van der Waals surface area contributed by atoms with Gasteiger partial charge in [-0.2, -0.15) is 5.26 Å². The molecule has 1 unspecified atom stereocenters. The first-order chi connectivity index (χ1) is 18.1. The summed E-state index contributed by atoms with van der Waals surface area (Å²) in [5.41, 5.74) is 0.940. The Balaban J connectivity index is 1.62. The van der Waals surface area contributed by atoms with E-state index in [9.17, 15) is 14.6 Å². The second kappa shape index (κ2) is 12.4. The Hall–Kier alpha value is -4.53. The van der Waals surface area contributed by atoms with Crippen molar-refractivity contribution in [3.63, 3.8) is 0 Å². The first-order valence-electron chi connectivity index (χ1n) is 11.6. The zero-order valence-corrected chi connectivity index (χ0v) is 20.8. The number of hydrogen-bond donors (Lipinski definition) is 1. The minimum atomic E-state index is -4.01. The fourth-order valence-electron chi connectivity index (χ4n) is 3.55. The summed E-state index contributed by atoms with van der Waals surface area (Å²) in [6.07, 6.45) is -0.673. The van der Waals surface area contributed by atoms with Gasteiger partial charge in [0.1, 0.15) is 23.8 Å². The predicted molar refractivity (Wildman–Crippen MR) is 140 cm³/mol. The Bertz CT molecular complexity index is 1330. The second-order valence-electron chi connectivity index (χ2n) is 8.04. The number of hydrogen-bond acceptors (Lipinski definition) is 6. The summed E-state index contributed by atoms with van der Waals surface area (Å²) >= 11 is 0. The third-order valence-electron chi connectivity index (χ3n) is 5.41. The van der Waals surface area contributed by atoms with Crippen molar-refractivity contribution < 1.29 is 23.1 Å². The van der Waals surface area contributed by atoms with Crippen LogP contribution in [0.25, 0.3) is 0 Å². The van der Waals surface area contributed by atoms with E-state index >= 15 is 0 Å². The molecule has 0 aliphatic carbocycles. The molecule has 0 radical (unpaired) electrons. The molecule has 1 amide bonds. The van der Waals surface area contributed by atoms with Crippen molar-refractivity contribution in [3.05, 3.63) is 132 Å². The normalized spacial score (nSPS) is 11.5. The molecule has 0 bridgehead atoms. The van der Waals surface area contributed by atoms with Gasteiger partial charge >= 0.3 is 13.7 Å². The maximum atomic E-state index is 14.5. The molecule has 0 heterocycles. The van der Waals surface area contributed by atoms with Gasteiger partial charge in [-0.25, -0.2) is 9.36 Å². The molecule has 4 aromatic rings. The molecule has 0 aliphatic rings. The quantitative estimate of drug-likeness (QED) is 0.233. The van der Waals surface area contributed by atoms with Gasteiger partial charge in [-0.1, -0.05) is 78.9 Å². The van der Waals surface area contributed by atoms with Gasteiger partial charge in [0, 0.05) is 6.54 Å². The molecule has 0 saturated carbocycles. The predicted octanol–water partition coefficient (Wildman–Crippen LogP) is 6.88. The maximum absolute atomic E-state index is 14.5. The molecule has 0 saturated heterocycles. The lowest BCUT2D eigenvalue weighted by atomic mass is 10.1. The first-order valence-corrected chi connectivity index (χ1v) is 13.2. The SMILES string of the molecule is N#Cc1ccc(C(CNC(=O)OCc2ccccc2)P(=O)(Oc2ccccc2)Oc2ccccc2)cc1. The van der Waals surface area contributed by atoms with E-state index in [0.29, 0.717) is 22.6 Å². The monoisotopic (exact) mass is 512 g/mol. The lowest BCUT2D eigenvalue weighted by Crippen LogP contribution is -2.30. The Morgan fingerprint density at radius 2 is 1.30 bits per heavy atom. The van der Waals surface area contributed by atoms with Gasteiger partial charge in [-0.15, -0.1) is 0 Å². The van der Waals surface area contributed by atoms with Crippen LogP contribution < -0.4 is 14.4 Å². The molecule has 1 N–H and O–H groups in total. The van der Waals surface area contributed by atoms with Crippen LogP contribution in [0.5, 0.6) is 11.5 Å². The van der Waals surface area contributed by atoms with Crippen molar-refractivity contribution in [1.82, 2.24) is 5.32 Å². The Kier molecular flexibility index (Phi) is 8.59. The fourth-order valence-corrected chi connectivity index (χ4v) is 5.52. The van der Waals surface area contributed by atoms with Crippen LogP contribution in [0.15, 0.2) is 115 Å². The van der Waals surface area contributed by atoms with Gasteiger partial charge in [0.15, 0.2) is 0 Å². The summed E-state index contributed by atoms with van der Waals surface area (Å²) in [6, 6.07) is 35.3. The lowest BCUT2D eigenvalue weighted by Gasteiger charge is -2.28. The third-order valence-corrected chi connectivity index (χ3v) is 7.59. The average molecular weight is 513 g/mol. The molecule has 186 valence electrons. The van der Waals surface area contributed by atoms with Crippen molar-refractivity contribution in [2.45, 2.75) is 12.3 Å². The van der Waals surface area contributed by atoms with Crippen LogP contribution in [0, 0.1) is 11.3 Å². The topological polar surface area (TPSA) is 97.7 Å². The van der Waals surface area contributed by atoms with E-state index in [2.05, 4.69) is 11.4 Å². The smallest absolute Gasteiger partial charge is 0.439 e. The molecule has 4 aromatic carbocycles. The number of carbonyl (C=O) groups excluding carboxylic acids is 1. The van der Waals surface area contributed by atoms with Gasteiger partial charge in [0.05, 0.1) is 11.6 Å². The zero-order chi connectivity index (χ0) is 25.9. The Morgan fingerprint density at radius 3 is 1.81 bits per heavy atom. The molecule has 0 fully saturated rings. The summed E-state index contributed by atoms with van der Waals surface area (Å²) < 4.78 is 31.9. The van der Waals surface area contributed by atoms with Gasteiger partial charge in [-0.3, -0.25) is 0 Å². The van der Waals surface area contributed by atoms with Crippen LogP contribution in [-0.2, 0) is 15.9 Å². The van der Waals surface area contributed by atoms with Gasteiger partial charge in [0.2, 0.25) is 0 Å². The number of nitrogens with zero attached hydrogens (tertiary/aromatic N) is 1. The maximum Gasteiger partial charge on any atom is 0.439 e. The van der Waals surface area contributed by atoms with Gasteiger partial charge < -0.3 is 19.1 Å². The molecule has 0 aliphatic heterocycles. The summed E-state index contributed by atoms with van der Waals surface area (Å²) in [5, 5.41) is 11.9. The second-order valence-corrected chi connectivity index (χ2v) is 10.1. The van der Waals surface area contributed by atoms with Crippen LogP contribution >= 0.6 is 7.60 Å². The van der Waals surface area contributed by atoms with E-state index < -0.39 is 19.3 Å². The number of amides is 1. The molecule has 37 heavy (non-hydrogen) atoms. The van der Waals surface area contributed by atoms with E-state index in [1.807, 2.05) is 42.5 Å². The van der Waals surface area contributed by atoms with Gasteiger partial charge in [0.25, 0.3) is 0 Å². The van der Waals surface area contributed by atoms with Crippen molar-refractivity contribution in [2.24, 2.45) is 0 Å². The Morgan fingerprint density at radius 1 is 0.784 bits per heavy atom. The highest BCUT2D eigenvalue weighted by atomic mass is 31.2. The number of ether oxygens (including phenoxy) is 1. The van der Waals surface area contributed by atoms with Crippen LogP contribution in [0.3, 0.4) is 0 Å². The van der Waals surface area contributed by atoms with Crippen LogP contribution in [-0.4, -0.2) is 12.6 Å². The molecular weight excluding hydrogens is 487 g/mol. The molecule has 0 spiro atoms. The number of alkyl carbamates (subject to hydrolysis) is 1. The Labute approximate surface area is 215 Å². The van der Waals surface area contributed by atoms with E-state index in [4.69, 9.17) is 13.8 Å². The highest BCUT2D eigenvalue weighted by Crippen LogP contribution is 2.60. The average Bonchev–Trinajstić information content (AvgIpc) is 2.94. The number of nitrogens with one attached hydrogen (secondary N) is 1. The number of benzene rings is 4. The van der Waals surface area contributed by atoms with Crippen molar-refractivity contribution >= 4 is 13.7 Å². The van der Waals surface area contributed by atoms with E-state index in [1.165, 1.54) is 0 Å². The molecule has 0 aromatic heterocycles. The fraction of sp³-hybridized carbons (Fsp3) is 0.103. The minimum Gasteiger partial charge on any atom is -0.445 e. The molecule has 1 atom stereocenters. The van der Waals surface area contributed by atoms with Gasteiger partial charge in [-0.05, 0) is 47.5 Å². The third kappa shape index (κ3) is 7.23. The van der Waals surface area contributed by atoms with Crippen molar-refractivity contribution in [2.75, 3.05) is 6.54 Å². The molecule has 7 nitrogen and oxygen atoms in total. The van der Waals surface area contributed by atoms with Crippen LogP contribution in [0.4, 0.5) is 4.79 Å². The highest BCUT2D eigenvalue weighted by Gasteiger charge is 2.41. The summed E-state index contributed by atoms with van der Waals surface area (Å²) in [4.78, 5) is 12.5. The minimum absolute atomic E-state index is 0.0902. The van der Waals surface area contributed by atoms with Crippen molar-refractivity contribution in [3.8, 4) is 17.6 Å². The van der Waals surface area contributed by atoms with E-state index in [1.54, 1.807) is 72.8 Å². The van der Waals surface area contributed by atoms with E-state index in [0.717, 1.165) is 5.56 Å². The largest absolute Gasteiger partial charge is 0.445 e. The zero-order valence-electron chi connectivity index (χ0n) is 19.9. The summed E-state index contributed by atoms with van der Waals surface area (Å²) in [5.74, 6) is 0.708. The molecular formula is C29H25N2O5P. The van der Waals surface area contributed by atoms with Crippen molar-refractivity contribution in [1.29, 1.82) is 5.26 Å². The number of carbonyl (C=O) groups is 1. The standard InChI is InChI=1S/C29H25N2O5P/c30-20-23-16-18-25(19-17-23)28(21-31-29(32)34-22-24-10-4-1-5-11-24)37(33,35-26-12-6-2-7-13-26)36-27-14-8-3-9-15-27/h1-19,28H,21-22H2,(H,31,32). The van der Waals surface area contributed by atoms with Crippen LogP contribution in [0.2, 0.25) is 0 Å². The number of nitriles is 1.